The summed E-state index contributed by atoms with van der Waals surface area (Å²) in [6, 6.07) is 6.30. The fraction of sp³-hybridized carbons (Fsp3) is 0.542. The van der Waals surface area contributed by atoms with Crippen LogP contribution >= 0.6 is 0 Å². The normalized spacial score (nSPS) is 23.9. The van der Waals surface area contributed by atoms with Crippen molar-refractivity contribution >= 4 is 16.9 Å². The van der Waals surface area contributed by atoms with E-state index in [0.29, 0.717) is 11.5 Å². The maximum atomic E-state index is 12.5. The summed E-state index contributed by atoms with van der Waals surface area (Å²) in [6.07, 6.45) is 4.38. The number of hydrogen-bond donors (Lipinski definition) is 1. The van der Waals surface area contributed by atoms with Gasteiger partial charge in [0.05, 0.1) is 32.1 Å². The minimum atomic E-state index is -0.304. The first-order chi connectivity index (χ1) is 15.1. The average molecular weight is 429 g/mol. The number of aromatic nitrogens is 1. The fourth-order valence-electron chi connectivity index (χ4n) is 5.36. The van der Waals surface area contributed by atoms with E-state index in [2.05, 4.69) is 22.9 Å². The van der Waals surface area contributed by atoms with Crippen LogP contribution in [0.25, 0.3) is 10.9 Å². The second-order valence-electron chi connectivity index (χ2n) is 8.32. The zero-order valence-electron chi connectivity index (χ0n) is 18.8. The molecule has 2 aromatic rings. The highest BCUT2D eigenvalue weighted by atomic mass is 16.7. The van der Waals surface area contributed by atoms with Crippen LogP contribution in [0.5, 0.6) is 5.75 Å². The first-order valence-corrected chi connectivity index (χ1v) is 10.9. The first-order valence-electron chi connectivity index (χ1n) is 10.9. The molecule has 168 valence electrons. The van der Waals surface area contributed by atoms with Crippen molar-refractivity contribution in [3.05, 3.63) is 41.3 Å². The lowest BCUT2D eigenvalue weighted by molar-refractivity contribution is -0.137. The number of benzene rings is 1. The van der Waals surface area contributed by atoms with Gasteiger partial charge in [0, 0.05) is 36.8 Å². The molecule has 0 saturated carbocycles. The maximum absolute atomic E-state index is 12.5. The zero-order chi connectivity index (χ0) is 22.0. The Balaban J connectivity index is 1.73. The van der Waals surface area contributed by atoms with Crippen LogP contribution < -0.4 is 4.74 Å². The highest BCUT2D eigenvalue weighted by molar-refractivity contribution is 5.91. The van der Waals surface area contributed by atoms with Gasteiger partial charge in [-0.05, 0) is 42.4 Å². The van der Waals surface area contributed by atoms with Gasteiger partial charge < -0.3 is 23.9 Å². The molecule has 0 bridgehead atoms. The van der Waals surface area contributed by atoms with E-state index in [0.717, 1.165) is 49.0 Å². The van der Waals surface area contributed by atoms with Gasteiger partial charge in [-0.15, -0.1) is 0 Å². The van der Waals surface area contributed by atoms with E-state index >= 15 is 0 Å². The van der Waals surface area contributed by atoms with E-state index in [1.54, 1.807) is 20.5 Å². The van der Waals surface area contributed by atoms with Crippen LogP contribution in [0, 0.1) is 11.8 Å². The summed E-state index contributed by atoms with van der Waals surface area (Å²) in [5.74, 6) is 1.00. The number of rotatable bonds is 7. The van der Waals surface area contributed by atoms with Crippen LogP contribution in [0.4, 0.5) is 0 Å². The third-order valence-electron chi connectivity index (χ3n) is 6.78. The molecule has 1 saturated heterocycles. The number of aromatic amines is 1. The lowest BCUT2D eigenvalue weighted by atomic mass is 9.74. The lowest BCUT2D eigenvalue weighted by Gasteiger charge is -2.46. The van der Waals surface area contributed by atoms with Gasteiger partial charge in [-0.25, -0.2) is 4.79 Å². The third-order valence-corrected chi connectivity index (χ3v) is 6.78. The zero-order valence-corrected chi connectivity index (χ0v) is 18.8. The molecular formula is C24H32N2O5. The molecule has 1 aromatic heterocycles. The Morgan fingerprint density at radius 2 is 2.13 bits per heavy atom. The van der Waals surface area contributed by atoms with E-state index in [1.807, 2.05) is 12.1 Å². The first kappa shape index (κ1) is 21.7. The molecule has 1 fully saturated rings. The summed E-state index contributed by atoms with van der Waals surface area (Å²) < 4.78 is 21.3. The number of hydrogen-bond acceptors (Lipinski definition) is 6. The molecule has 0 unspecified atom stereocenters. The van der Waals surface area contributed by atoms with Gasteiger partial charge in [0.1, 0.15) is 5.75 Å². The minimum absolute atomic E-state index is 0.0835. The summed E-state index contributed by atoms with van der Waals surface area (Å²) in [7, 11) is 4.64. The smallest absolute Gasteiger partial charge is 0.337 e. The Morgan fingerprint density at radius 3 is 2.84 bits per heavy atom. The molecule has 4 rings (SSSR count). The second-order valence-corrected chi connectivity index (χ2v) is 8.32. The third kappa shape index (κ3) is 3.92. The number of carbonyl (C=O) groups excluding carboxylic acids is 1. The van der Waals surface area contributed by atoms with Crippen LogP contribution in [-0.2, 0) is 25.4 Å². The summed E-state index contributed by atoms with van der Waals surface area (Å²) in [5, 5.41) is 1.14. The molecule has 31 heavy (non-hydrogen) atoms. The Bertz CT molecular complexity index is 966. The van der Waals surface area contributed by atoms with Crippen molar-refractivity contribution in [2.24, 2.45) is 11.8 Å². The van der Waals surface area contributed by atoms with Crippen LogP contribution in [0.2, 0.25) is 0 Å². The Labute approximate surface area is 183 Å². The van der Waals surface area contributed by atoms with Crippen LogP contribution in [0.15, 0.2) is 30.0 Å². The number of fused-ring (bicyclic) bond motifs is 5. The van der Waals surface area contributed by atoms with Gasteiger partial charge in [-0.2, -0.15) is 0 Å². The minimum Gasteiger partial charge on any atom is -0.504 e. The Hall–Kier alpha value is -2.51. The quantitative estimate of drug-likeness (QED) is 0.313. The number of carbonyl (C=O) groups is 1. The van der Waals surface area contributed by atoms with Crippen LogP contribution in [0.1, 0.15) is 37.1 Å². The number of H-pyrrole nitrogens is 1. The predicted octanol–water partition coefficient (Wildman–Crippen LogP) is 3.80. The molecule has 3 atom stereocenters. The number of methoxy groups -OCH3 is 3. The van der Waals surface area contributed by atoms with E-state index in [-0.39, 0.29) is 24.7 Å². The number of nitrogens with one attached hydrogen (secondary N) is 1. The largest absolute Gasteiger partial charge is 0.504 e. The number of esters is 1. The molecule has 0 spiro atoms. The number of piperidine rings is 1. The molecule has 0 amide bonds. The van der Waals surface area contributed by atoms with Gasteiger partial charge in [-0.1, -0.05) is 19.4 Å². The van der Waals surface area contributed by atoms with Crippen molar-refractivity contribution in [2.75, 3.05) is 41.2 Å². The van der Waals surface area contributed by atoms with Crippen molar-refractivity contribution in [1.29, 1.82) is 0 Å². The highest BCUT2D eigenvalue weighted by Gasteiger charge is 2.42. The summed E-state index contributed by atoms with van der Waals surface area (Å²) in [4.78, 5) is 18.8. The van der Waals surface area contributed by atoms with Crippen LogP contribution in [0.3, 0.4) is 0 Å². The molecule has 7 heteroatoms. The molecular weight excluding hydrogens is 396 g/mol. The second kappa shape index (κ2) is 9.32. The Kier molecular flexibility index (Phi) is 6.53. The standard InChI is InChI=1S/C24H32N2O5/c1-5-15-12-26-10-9-16-22-19(7-6-8-21(22)31-14-29-3)25-23(16)20(26)11-17(15)18(13-28-2)24(27)30-4/h6-8,13,15,17,20,25H,5,9-12,14H2,1-4H3/b18-13+/t15-,17+,20+/m1/s1. The van der Waals surface area contributed by atoms with Crippen molar-refractivity contribution < 1.29 is 23.7 Å². The van der Waals surface area contributed by atoms with E-state index < -0.39 is 0 Å². The van der Waals surface area contributed by atoms with Crippen molar-refractivity contribution in [3.8, 4) is 5.75 Å². The summed E-state index contributed by atoms with van der Waals surface area (Å²) in [5.41, 5.74) is 4.25. The predicted molar refractivity (Wildman–Crippen MR) is 118 cm³/mol. The average Bonchev–Trinajstić information content (AvgIpc) is 3.19. The molecule has 1 N–H and O–H groups in total. The van der Waals surface area contributed by atoms with Gasteiger partial charge >= 0.3 is 5.97 Å². The molecule has 3 heterocycles. The maximum Gasteiger partial charge on any atom is 0.337 e. The van der Waals surface area contributed by atoms with Gasteiger partial charge in [0.15, 0.2) is 6.79 Å². The molecule has 2 aliphatic heterocycles. The van der Waals surface area contributed by atoms with Gasteiger partial charge in [0.2, 0.25) is 0 Å². The molecule has 0 aliphatic carbocycles. The topological polar surface area (TPSA) is 73.0 Å². The number of nitrogens with zero attached hydrogens (tertiary/aromatic N) is 1. The molecule has 1 aromatic carbocycles. The monoisotopic (exact) mass is 428 g/mol. The Morgan fingerprint density at radius 1 is 1.29 bits per heavy atom. The van der Waals surface area contributed by atoms with E-state index in [4.69, 9.17) is 18.9 Å². The molecule has 0 radical (unpaired) electrons. The van der Waals surface area contributed by atoms with E-state index in [9.17, 15) is 4.79 Å². The fourth-order valence-corrected chi connectivity index (χ4v) is 5.36. The van der Waals surface area contributed by atoms with Gasteiger partial charge in [-0.3, -0.25) is 4.90 Å². The highest BCUT2D eigenvalue weighted by Crippen LogP contribution is 2.47. The summed E-state index contributed by atoms with van der Waals surface area (Å²) in [6.45, 7) is 4.36. The summed E-state index contributed by atoms with van der Waals surface area (Å²) >= 11 is 0. The molecule has 2 aliphatic rings. The number of ether oxygens (including phenoxy) is 4. The van der Waals surface area contributed by atoms with E-state index in [1.165, 1.54) is 18.4 Å². The lowest BCUT2D eigenvalue weighted by Crippen LogP contribution is -2.47. The van der Waals surface area contributed by atoms with Crippen molar-refractivity contribution in [1.82, 2.24) is 9.88 Å². The SMILES string of the molecule is CC[C@@H]1CN2CCc3c([nH]c4cccc(OCOC)c34)[C@@H]2C[C@@H]1/C(=C\OC)C(=O)OC. The van der Waals surface area contributed by atoms with Gasteiger partial charge in [0.25, 0.3) is 0 Å². The van der Waals surface area contributed by atoms with Crippen molar-refractivity contribution in [2.45, 2.75) is 32.2 Å². The molecule has 7 nitrogen and oxygen atoms in total. The van der Waals surface area contributed by atoms with Crippen molar-refractivity contribution in [3.63, 3.8) is 0 Å². The van der Waals surface area contributed by atoms with Crippen LogP contribution in [-0.4, -0.2) is 57.1 Å².